The minimum absolute atomic E-state index is 0.0543. The van der Waals surface area contributed by atoms with Crippen molar-refractivity contribution in [2.45, 2.75) is 12.7 Å². The number of fused-ring (bicyclic) bond motifs is 1. The van der Waals surface area contributed by atoms with Gasteiger partial charge in [0.05, 0.1) is 7.11 Å². The van der Waals surface area contributed by atoms with Crippen LogP contribution < -0.4 is 14.2 Å². The number of carbonyl (C=O) groups excluding carboxylic acids is 1. The summed E-state index contributed by atoms with van der Waals surface area (Å²) >= 11 is 0. The fourth-order valence-corrected chi connectivity index (χ4v) is 2.18. The molecule has 0 spiro atoms. The maximum absolute atomic E-state index is 13.6. The van der Waals surface area contributed by atoms with Crippen LogP contribution in [0.25, 0.3) is 0 Å². The van der Waals surface area contributed by atoms with Gasteiger partial charge in [0, 0.05) is 0 Å². The fraction of sp³-hybridized carbons (Fsp3) is 0.235. The highest BCUT2D eigenvalue weighted by atomic mass is 19.1. The molecule has 5 nitrogen and oxygen atoms in total. The van der Waals surface area contributed by atoms with E-state index in [0.29, 0.717) is 17.1 Å². The number of methoxy groups -OCH3 is 1. The number of benzene rings is 2. The monoisotopic (exact) mass is 318 g/mol. The highest BCUT2D eigenvalue weighted by Crippen LogP contribution is 2.31. The summed E-state index contributed by atoms with van der Waals surface area (Å²) in [5.74, 6) is 0.161. The highest BCUT2D eigenvalue weighted by molar-refractivity contribution is 5.76. The Labute approximate surface area is 132 Å². The van der Waals surface area contributed by atoms with Crippen LogP contribution in [0.5, 0.6) is 17.2 Å². The topological polar surface area (TPSA) is 54.0 Å². The number of halogens is 1. The zero-order chi connectivity index (χ0) is 16.2. The minimum Gasteiger partial charge on any atom is -0.494 e. The van der Waals surface area contributed by atoms with Crippen molar-refractivity contribution in [2.75, 3.05) is 13.7 Å². The van der Waals surface area contributed by atoms with Gasteiger partial charge >= 0.3 is 5.97 Å². The van der Waals surface area contributed by atoms with E-state index in [1.807, 2.05) is 6.07 Å². The van der Waals surface area contributed by atoms with Gasteiger partial charge in [0.15, 0.2) is 23.1 Å². The normalized spacial score (nSPS) is 15.8. The van der Waals surface area contributed by atoms with Crippen molar-refractivity contribution in [2.24, 2.45) is 0 Å². The molecule has 1 aliphatic rings. The summed E-state index contributed by atoms with van der Waals surface area (Å²) < 4.78 is 34.6. The lowest BCUT2D eigenvalue weighted by atomic mass is 10.2. The lowest BCUT2D eigenvalue weighted by molar-refractivity contribution is -0.155. The molecule has 1 aliphatic heterocycles. The van der Waals surface area contributed by atoms with Crippen molar-refractivity contribution in [3.8, 4) is 17.2 Å². The van der Waals surface area contributed by atoms with Crippen LogP contribution in [0.4, 0.5) is 4.39 Å². The third-order valence-electron chi connectivity index (χ3n) is 3.37. The van der Waals surface area contributed by atoms with Gasteiger partial charge in [0.25, 0.3) is 0 Å². The van der Waals surface area contributed by atoms with E-state index in [1.165, 1.54) is 19.2 Å². The summed E-state index contributed by atoms with van der Waals surface area (Å²) in [6.45, 7) is 0.0219. The van der Waals surface area contributed by atoms with Crippen molar-refractivity contribution >= 4 is 5.97 Å². The molecule has 0 bridgehead atoms. The molecule has 0 saturated carbocycles. The zero-order valence-electron chi connectivity index (χ0n) is 12.5. The van der Waals surface area contributed by atoms with Gasteiger partial charge in [-0.25, -0.2) is 9.18 Å². The van der Waals surface area contributed by atoms with Gasteiger partial charge in [-0.2, -0.15) is 0 Å². The quantitative estimate of drug-likeness (QED) is 0.811. The molecule has 1 heterocycles. The third kappa shape index (κ3) is 3.36. The smallest absolute Gasteiger partial charge is 0.351 e. The van der Waals surface area contributed by atoms with Crippen molar-refractivity contribution in [3.05, 3.63) is 53.8 Å². The number of hydrogen-bond acceptors (Lipinski definition) is 5. The van der Waals surface area contributed by atoms with Gasteiger partial charge in [-0.05, 0) is 29.8 Å². The van der Waals surface area contributed by atoms with E-state index >= 15 is 0 Å². The lowest BCUT2D eigenvalue weighted by Crippen LogP contribution is -2.37. The van der Waals surface area contributed by atoms with E-state index in [-0.39, 0.29) is 19.0 Å². The summed E-state index contributed by atoms with van der Waals surface area (Å²) in [5.41, 5.74) is 0.522. The predicted molar refractivity (Wildman–Crippen MR) is 79.1 cm³/mol. The van der Waals surface area contributed by atoms with Crippen molar-refractivity contribution in [1.29, 1.82) is 0 Å². The van der Waals surface area contributed by atoms with Crippen LogP contribution in [0.3, 0.4) is 0 Å². The van der Waals surface area contributed by atoms with Crippen LogP contribution in [0, 0.1) is 5.82 Å². The first-order chi connectivity index (χ1) is 11.2. The maximum atomic E-state index is 13.6. The van der Waals surface area contributed by atoms with E-state index in [0.717, 1.165) is 0 Å². The van der Waals surface area contributed by atoms with Crippen molar-refractivity contribution in [3.63, 3.8) is 0 Å². The van der Waals surface area contributed by atoms with Gasteiger partial charge in [-0.3, -0.25) is 0 Å². The van der Waals surface area contributed by atoms with Gasteiger partial charge in [-0.15, -0.1) is 0 Å². The first kappa shape index (κ1) is 15.1. The molecule has 0 saturated heterocycles. The molecule has 23 heavy (non-hydrogen) atoms. The van der Waals surface area contributed by atoms with Gasteiger partial charge in [0.1, 0.15) is 13.2 Å². The maximum Gasteiger partial charge on any atom is 0.351 e. The molecule has 0 fully saturated rings. The Kier molecular flexibility index (Phi) is 4.32. The molecule has 2 aromatic carbocycles. The van der Waals surface area contributed by atoms with Crippen LogP contribution >= 0.6 is 0 Å². The lowest BCUT2D eigenvalue weighted by Gasteiger charge is -2.24. The van der Waals surface area contributed by atoms with Crippen molar-refractivity contribution in [1.82, 2.24) is 0 Å². The Morgan fingerprint density at radius 2 is 2.04 bits per heavy atom. The first-order valence-corrected chi connectivity index (χ1v) is 7.05. The average Bonchev–Trinajstić information content (AvgIpc) is 2.59. The highest BCUT2D eigenvalue weighted by Gasteiger charge is 2.28. The molecule has 0 aromatic heterocycles. The molecule has 0 unspecified atom stereocenters. The Balaban J connectivity index is 1.59. The van der Waals surface area contributed by atoms with Crippen LogP contribution in [0.1, 0.15) is 5.56 Å². The molecule has 6 heteroatoms. The van der Waals surface area contributed by atoms with E-state index < -0.39 is 17.9 Å². The number of ether oxygens (including phenoxy) is 4. The molecule has 3 rings (SSSR count). The number of rotatable bonds is 4. The van der Waals surface area contributed by atoms with Crippen molar-refractivity contribution < 1.29 is 28.1 Å². The molecule has 0 amide bonds. The minimum atomic E-state index is -0.840. The molecule has 0 aliphatic carbocycles. The summed E-state index contributed by atoms with van der Waals surface area (Å²) in [6.07, 6.45) is -0.840. The number of hydrogen-bond donors (Lipinski definition) is 0. The number of esters is 1. The second-order valence-electron chi connectivity index (χ2n) is 4.94. The Morgan fingerprint density at radius 1 is 1.26 bits per heavy atom. The number of para-hydroxylation sites is 2. The summed E-state index contributed by atoms with van der Waals surface area (Å²) in [4.78, 5) is 12.0. The van der Waals surface area contributed by atoms with E-state index in [4.69, 9.17) is 18.9 Å². The first-order valence-electron chi connectivity index (χ1n) is 7.05. The van der Waals surface area contributed by atoms with Crippen LogP contribution in [0.15, 0.2) is 42.5 Å². The molecule has 0 N–H and O–H groups in total. The number of carbonyl (C=O) groups is 1. The Hall–Kier alpha value is -2.76. The molecule has 120 valence electrons. The van der Waals surface area contributed by atoms with Crippen LogP contribution in [-0.4, -0.2) is 25.8 Å². The van der Waals surface area contributed by atoms with E-state index in [1.54, 1.807) is 24.3 Å². The molecular formula is C17H15FO5. The largest absolute Gasteiger partial charge is 0.494 e. The fourth-order valence-electron chi connectivity index (χ4n) is 2.18. The average molecular weight is 318 g/mol. The summed E-state index contributed by atoms with van der Waals surface area (Å²) in [6, 6.07) is 11.5. The molecule has 1 atom stereocenters. The predicted octanol–water partition coefficient (Wildman–Crippen LogP) is 2.72. The summed E-state index contributed by atoms with van der Waals surface area (Å²) in [7, 11) is 1.39. The van der Waals surface area contributed by atoms with E-state index in [2.05, 4.69) is 0 Å². The molecule has 0 radical (unpaired) electrons. The summed E-state index contributed by atoms with van der Waals surface area (Å²) in [5, 5.41) is 0. The SMILES string of the molecule is COc1ccc(COC(=O)[C@H]2COc3ccccc3O2)cc1F. The standard InChI is InChI=1S/C17H15FO5/c1-20-13-7-6-11(8-12(13)18)9-22-17(19)16-10-21-14-4-2-3-5-15(14)23-16/h2-8,16H,9-10H2,1H3/t16-/m1/s1. The Morgan fingerprint density at radius 3 is 2.78 bits per heavy atom. The van der Waals surface area contributed by atoms with Gasteiger partial charge in [0.2, 0.25) is 6.10 Å². The molecule has 2 aromatic rings. The van der Waals surface area contributed by atoms with E-state index in [9.17, 15) is 9.18 Å². The van der Waals surface area contributed by atoms with Gasteiger partial charge in [-0.1, -0.05) is 18.2 Å². The molecular weight excluding hydrogens is 303 g/mol. The second-order valence-corrected chi connectivity index (χ2v) is 4.94. The second kappa shape index (κ2) is 6.56. The van der Waals surface area contributed by atoms with Gasteiger partial charge < -0.3 is 18.9 Å². The Bertz CT molecular complexity index is 716. The van der Waals surface area contributed by atoms with Crippen LogP contribution in [-0.2, 0) is 16.1 Å². The van der Waals surface area contributed by atoms with Crippen LogP contribution in [0.2, 0.25) is 0 Å². The zero-order valence-corrected chi connectivity index (χ0v) is 12.5. The third-order valence-corrected chi connectivity index (χ3v) is 3.37.